The molecule has 0 aromatic heterocycles. The maximum absolute atomic E-state index is 14.8. The van der Waals surface area contributed by atoms with Gasteiger partial charge in [0.1, 0.15) is 11.8 Å². The highest BCUT2D eigenvalue weighted by atomic mass is 19.3. The lowest BCUT2D eigenvalue weighted by Crippen LogP contribution is -2.38. The summed E-state index contributed by atoms with van der Waals surface area (Å²) in [6.07, 6.45) is -5.10. The normalized spacial score (nSPS) is 19.5. The van der Waals surface area contributed by atoms with Crippen LogP contribution in [0.1, 0.15) is 0 Å². The molecule has 0 aliphatic carbocycles. The van der Waals surface area contributed by atoms with Gasteiger partial charge in [0.05, 0.1) is 31.9 Å². The van der Waals surface area contributed by atoms with Crippen molar-refractivity contribution in [2.75, 3.05) is 49.1 Å². The van der Waals surface area contributed by atoms with Crippen LogP contribution in [0.25, 0.3) is 0 Å². The largest absolute Gasteiger partial charge is 0.442 e. The Hall–Kier alpha value is -3.29. The predicted octanol–water partition coefficient (Wildman–Crippen LogP) is 0.618. The molecular formula is C17H20F4N6O4. The highest BCUT2D eigenvalue weighted by molar-refractivity contribution is 5.90. The Morgan fingerprint density at radius 2 is 1.94 bits per heavy atom. The van der Waals surface area contributed by atoms with E-state index in [1.165, 1.54) is 4.90 Å². The van der Waals surface area contributed by atoms with Crippen molar-refractivity contribution in [3.63, 3.8) is 0 Å². The van der Waals surface area contributed by atoms with Crippen molar-refractivity contribution < 1.29 is 36.7 Å². The summed E-state index contributed by atoms with van der Waals surface area (Å²) in [6, 6.07) is 1.91. The first kappa shape index (κ1) is 22.4. The standard InChI is InChI=1S/C17H20F4N6O4/c18-11-5-9(26-8-10(31-17(26)29)7-24-15(28)14(20)21)6-12(19)13(11)25-1-2-27(16(22)23)30-4-3-25/h5-6,10,14H,1-4,7-8H2,(H3,22,23)(H,24,28)/t10-/m0/s1. The number of hydrogen-bond donors (Lipinski definition) is 3. The number of anilines is 2. The van der Waals surface area contributed by atoms with E-state index in [0.717, 1.165) is 22.1 Å². The highest BCUT2D eigenvalue weighted by Gasteiger charge is 2.34. The molecule has 0 radical (unpaired) electrons. The Bertz CT molecular complexity index is 850. The van der Waals surface area contributed by atoms with Crippen LogP contribution in [0.5, 0.6) is 0 Å². The second-order valence-electron chi connectivity index (χ2n) is 6.73. The molecule has 3 rings (SSSR count). The van der Waals surface area contributed by atoms with E-state index < -0.39 is 36.2 Å². The average Bonchev–Trinajstić information content (AvgIpc) is 2.90. The van der Waals surface area contributed by atoms with Crippen LogP contribution in [0.2, 0.25) is 0 Å². The molecule has 31 heavy (non-hydrogen) atoms. The Morgan fingerprint density at radius 3 is 2.55 bits per heavy atom. The maximum Gasteiger partial charge on any atom is 0.414 e. The Balaban J connectivity index is 1.71. The van der Waals surface area contributed by atoms with E-state index in [4.69, 9.17) is 20.7 Å². The lowest BCUT2D eigenvalue weighted by molar-refractivity contribution is -0.132. The third-order valence-electron chi connectivity index (χ3n) is 4.66. The third-order valence-corrected chi connectivity index (χ3v) is 4.66. The number of amides is 2. The van der Waals surface area contributed by atoms with E-state index in [2.05, 4.69) is 0 Å². The number of hydrogen-bond acceptors (Lipinski definition) is 6. The summed E-state index contributed by atoms with van der Waals surface area (Å²) in [5.41, 5.74) is 4.91. The number of guanidine groups is 1. The fraction of sp³-hybridized carbons (Fsp3) is 0.471. The lowest BCUT2D eigenvalue weighted by atomic mass is 10.2. The summed E-state index contributed by atoms with van der Waals surface area (Å²) in [5, 5.41) is 10.4. The number of nitrogens with one attached hydrogen (secondary N) is 2. The maximum atomic E-state index is 14.8. The van der Waals surface area contributed by atoms with Crippen LogP contribution in [-0.4, -0.2) is 74.9 Å². The highest BCUT2D eigenvalue weighted by Crippen LogP contribution is 2.31. The van der Waals surface area contributed by atoms with Gasteiger partial charge in [-0.1, -0.05) is 0 Å². The van der Waals surface area contributed by atoms with Gasteiger partial charge in [0, 0.05) is 25.2 Å². The van der Waals surface area contributed by atoms with E-state index in [1.54, 1.807) is 0 Å². The Kier molecular flexibility index (Phi) is 6.68. The molecule has 0 bridgehead atoms. The van der Waals surface area contributed by atoms with Crippen LogP contribution in [0, 0.1) is 17.0 Å². The molecule has 2 amide bonds. The lowest BCUT2D eigenvalue weighted by Gasteiger charge is -2.24. The number of alkyl halides is 2. The molecule has 1 aromatic rings. The van der Waals surface area contributed by atoms with E-state index in [1.807, 2.05) is 5.32 Å². The van der Waals surface area contributed by atoms with E-state index in [9.17, 15) is 27.2 Å². The number of carbonyl (C=O) groups excluding carboxylic acids is 2. The first-order chi connectivity index (χ1) is 14.7. The zero-order chi connectivity index (χ0) is 22.7. The summed E-state index contributed by atoms with van der Waals surface area (Å²) < 4.78 is 59.0. The first-order valence-corrected chi connectivity index (χ1v) is 9.20. The molecule has 4 N–H and O–H groups in total. The van der Waals surface area contributed by atoms with Crippen LogP contribution < -0.4 is 20.9 Å². The minimum absolute atomic E-state index is 0.0463. The van der Waals surface area contributed by atoms with Gasteiger partial charge in [0.2, 0.25) is 5.96 Å². The number of carbonyl (C=O) groups is 2. The Labute approximate surface area is 173 Å². The number of nitrogens with zero attached hydrogens (tertiary/aromatic N) is 3. The molecular weight excluding hydrogens is 428 g/mol. The molecule has 2 aliphatic heterocycles. The fourth-order valence-electron chi connectivity index (χ4n) is 3.20. The second kappa shape index (κ2) is 9.24. The molecule has 0 saturated carbocycles. The molecule has 0 unspecified atom stereocenters. The van der Waals surface area contributed by atoms with E-state index >= 15 is 0 Å². The van der Waals surface area contributed by atoms with Crippen LogP contribution in [-0.2, 0) is 14.4 Å². The predicted molar refractivity (Wildman–Crippen MR) is 99.8 cm³/mol. The number of rotatable bonds is 5. The molecule has 2 saturated heterocycles. The average molecular weight is 448 g/mol. The molecule has 170 valence electrons. The molecule has 0 spiro atoms. The van der Waals surface area contributed by atoms with Crippen LogP contribution in [0.4, 0.5) is 33.7 Å². The van der Waals surface area contributed by atoms with Gasteiger partial charge < -0.3 is 20.7 Å². The minimum Gasteiger partial charge on any atom is -0.442 e. The van der Waals surface area contributed by atoms with Crippen LogP contribution in [0.15, 0.2) is 12.1 Å². The van der Waals surface area contributed by atoms with Crippen molar-refractivity contribution in [2.24, 2.45) is 5.73 Å². The molecule has 14 heteroatoms. The van der Waals surface area contributed by atoms with Gasteiger partial charge in [-0.2, -0.15) is 8.78 Å². The van der Waals surface area contributed by atoms with Crippen molar-refractivity contribution >= 4 is 29.3 Å². The molecule has 1 aromatic carbocycles. The minimum atomic E-state index is -3.21. The van der Waals surface area contributed by atoms with Gasteiger partial charge in [-0.15, -0.1) is 0 Å². The van der Waals surface area contributed by atoms with Gasteiger partial charge in [0.25, 0.3) is 5.91 Å². The summed E-state index contributed by atoms with van der Waals surface area (Å²) in [4.78, 5) is 30.6. The SMILES string of the molecule is N=C(N)N1CCN(c2c(F)cc(N3C[C@H](CNC(=O)C(F)F)OC3=O)cc2F)CCO1. The molecule has 10 nitrogen and oxygen atoms in total. The van der Waals surface area contributed by atoms with Gasteiger partial charge in [0.15, 0.2) is 11.6 Å². The van der Waals surface area contributed by atoms with Crippen molar-refractivity contribution in [3.8, 4) is 0 Å². The number of hydroxylamine groups is 2. The van der Waals surface area contributed by atoms with E-state index in [-0.39, 0.29) is 56.7 Å². The van der Waals surface area contributed by atoms with Gasteiger partial charge in [-0.3, -0.25) is 19.9 Å². The Morgan fingerprint density at radius 1 is 1.26 bits per heavy atom. The summed E-state index contributed by atoms with van der Waals surface area (Å²) in [6.45, 7) is -0.134. The van der Waals surface area contributed by atoms with Gasteiger partial charge in [-0.25, -0.2) is 18.6 Å². The number of cyclic esters (lactones) is 1. The smallest absolute Gasteiger partial charge is 0.414 e. The van der Waals surface area contributed by atoms with E-state index in [0.29, 0.717) is 0 Å². The summed E-state index contributed by atoms with van der Waals surface area (Å²) in [5.74, 6) is -3.72. The quantitative estimate of drug-likeness (QED) is 0.343. The summed E-state index contributed by atoms with van der Waals surface area (Å²) >= 11 is 0. The number of halogens is 4. The second-order valence-corrected chi connectivity index (χ2v) is 6.73. The zero-order valence-electron chi connectivity index (χ0n) is 16.1. The molecule has 2 fully saturated rings. The molecule has 2 aliphatic rings. The number of ether oxygens (including phenoxy) is 1. The van der Waals surface area contributed by atoms with Gasteiger partial charge in [-0.05, 0) is 0 Å². The topological polar surface area (TPSA) is 124 Å². The third kappa shape index (κ3) is 5.07. The number of nitrogens with two attached hydrogens (primary N) is 1. The van der Waals surface area contributed by atoms with Crippen molar-refractivity contribution in [2.45, 2.75) is 12.5 Å². The number of benzene rings is 1. The zero-order valence-corrected chi connectivity index (χ0v) is 16.1. The monoisotopic (exact) mass is 448 g/mol. The fourth-order valence-corrected chi connectivity index (χ4v) is 3.20. The van der Waals surface area contributed by atoms with Crippen molar-refractivity contribution in [1.29, 1.82) is 5.41 Å². The molecule has 1 atom stereocenters. The van der Waals surface area contributed by atoms with Crippen molar-refractivity contribution in [1.82, 2.24) is 10.4 Å². The molecule has 2 heterocycles. The van der Waals surface area contributed by atoms with Gasteiger partial charge >= 0.3 is 12.5 Å². The summed E-state index contributed by atoms with van der Waals surface area (Å²) in [7, 11) is 0. The first-order valence-electron chi connectivity index (χ1n) is 9.20. The van der Waals surface area contributed by atoms with Crippen LogP contribution in [0.3, 0.4) is 0 Å². The van der Waals surface area contributed by atoms with Crippen LogP contribution >= 0.6 is 0 Å². The van der Waals surface area contributed by atoms with Crippen molar-refractivity contribution in [3.05, 3.63) is 23.8 Å².